The molecule has 0 aliphatic carbocycles. The first-order chi connectivity index (χ1) is 12.8. The van der Waals surface area contributed by atoms with Crippen LogP contribution in [0.5, 0.6) is 0 Å². The molecule has 3 heterocycles. The highest BCUT2D eigenvalue weighted by atomic mass is 32.1. The van der Waals surface area contributed by atoms with Crippen LogP contribution in [0.15, 0.2) is 30.7 Å². The average Bonchev–Trinajstić information content (AvgIpc) is 3.11. The van der Waals surface area contributed by atoms with Gasteiger partial charge in [-0.05, 0) is 39.0 Å². The van der Waals surface area contributed by atoms with Gasteiger partial charge in [0.2, 0.25) is 0 Å². The number of nitrogens with two attached hydrogens (primary N) is 1. The molecule has 0 saturated heterocycles. The minimum absolute atomic E-state index is 0.241. The Bertz CT molecular complexity index is 996. The van der Waals surface area contributed by atoms with Gasteiger partial charge in [0, 0.05) is 17.0 Å². The molecule has 0 radical (unpaired) electrons. The van der Waals surface area contributed by atoms with Crippen LogP contribution in [-0.2, 0) is 0 Å². The van der Waals surface area contributed by atoms with E-state index in [0.717, 1.165) is 28.3 Å². The lowest BCUT2D eigenvalue weighted by atomic mass is 10.1. The highest BCUT2D eigenvalue weighted by Gasteiger charge is 2.17. The minimum Gasteiger partial charge on any atom is -0.365 e. The molecule has 1 atom stereocenters. The molecule has 8 nitrogen and oxygen atoms in total. The van der Waals surface area contributed by atoms with Crippen molar-refractivity contribution in [2.45, 2.75) is 26.8 Å². The first-order valence-corrected chi connectivity index (χ1v) is 8.99. The predicted octanol–water partition coefficient (Wildman–Crippen LogP) is 2.20. The Morgan fingerprint density at radius 3 is 2.44 bits per heavy atom. The van der Waals surface area contributed by atoms with Crippen molar-refractivity contribution in [3.63, 3.8) is 0 Å². The minimum atomic E-state index is -0.541. The Hall–Kier alpha value is -3.20. The van der Waals surface area contributed by atoms with E-state index in [1.165, 1.54) is 12.5 Å². The Balaban J connectivity index is 1.79. The van der Waals surface area contributed by atoms with Crippen molar-refractivity contribution in [1.29, 1.82) is 0 Å². The summed E-state index contributed by atoms with van der Waals surface area (Å²) in [5.41, 5.74) is 8.73. The molecule has 9 heteroatoms. The summed E-state index contributed by atoms with van der Waals surface area (Å²) in [6, 6.07) is 5.05. The van der Waals surface area contributed by atoms with E-state index in [1.54, 1.807) is 13.0 Å². The standard InChI is InChI=1S/C18H18N6O2S/c1-9-4-12(5-10(2)23-9)13-6-14(22-8-21-13)17(26)24-11(3)18-20-7-15(27-18)16(19)25/h4-8,11H,1-3H3,(H2,19,25)(H,24,26). The molecule has 27 heavy (non-hydrogen) atoms. The molecular weight excluding hydrogens is 364 g/mol. The van der Waals surface area contributed by atoms with Gasteiger partial charge in [0.1, 0.15) is 21.9 Å². The molecule has 0 aromatic carbocycles. The van der Waals surface area contributed by atoms with Crippen molar-refractivity contribution in [1.82, 2.24) is 25.3 Å². The molecule has 3 N–H and O–H groups in total. The maximum absolute atomic E-state index is 12.6. The Labute approximate surface area is 159 Å². The van der Waals surface area contributed by atoms with Crippen LogP contribution >= 0.6 is 11.3 Å². The van der Waals surface area contributed by atoms with Crippen LogP contribution in [0, 0.1) is 13.8 Å². The van der Waals surface area contributed by atoms with E-state index in [0.29, 0.717) is 15.6 Å². The number of aryl methyl sites for hydroxylation is 2. The van der Waals surface area contributed by atoms with E-state index < -0.39 is 5.91 Å². The quantitative estimate of drug-likeness (QED) is 0.697. The van der Waals surface area contributed by atoms with Gasteiger partial charge in [0.15, 0.2) is 0 Å². The van der Waals surface area contributed by atoms with E-state index in [9.17, 15) is 9.59 Å². The van der Waals surface area contributed by atoms with Gasteiger partial charge in [-0.1, -0.05) is 0 Å². The fourth-order valence-electron chi connectivity index (χ4n) is 2.56. The number of hydrogen-bond acceptors (Lipinski definition) is 7. The van der Waals surface area contributed by atoms with E-state index in [2.05, 4.69) is 25.3 Å². The number of thiazole rings is 1. The summed E-state index contributed by atoms with van der Waals surface area (Å²) in [6.45, 7) is 5.59. The number of aromatic nitrogens is 4. The number of carbonyl (C=O) groups excluding carboxylic acids is 2. The summed E-state index contributed by atoms with van der Waals surface area (Å²) >= 11 is 1.15. The Morgan fingerprint density at radius 1 is 1.11 bits per heavy atom. The SMILES string of the molecule is Cc1cc(-c2cc(C(=O)NC(C)c3ncc(C(N)=O)s3)ncn2)cc(C)n1. The number of rotatable bonds is 5. The van der Waals surface area contributed by atoms with Crippen LogP contribution in [-0.4, -0.2) is 31.8 Å². The predicted molar refractivity (Wildman–Crippen MR) is 101 cm³/mol. The number of hydrogen-bond donors (Lipinski definition) is 2. The van der Waals surface area contributed by atoms with Crippen LogP contribution < -0.4 is 11.1 Å². The van der Waals surface area contributed by atoms with Crippen molar-refractivity contribution in [2.24, 2.45) is 5.73 Å². The molecule has 3 aromatic rings. The molecule has 0 fully saturated rings. The molecule has 0 bridgehead atoms. The van der Waals surface area contributed by atoms with Crippen LogP contribution in [0.25, 0.3) is 11.3 Å². The fourth-order valence-corrected chi connectivity index (χ4v) is 3.33. The van der Waals surface area contributed by atoms with Gasteiger partial charge in [-0.2, -0.15) is 0 Å². The zero-order valence-corrected chi connectivity index (χ0v) is 15.9. The summed E-state index contributed by atoms with van der Waals surface area (Å²) in [6.07, 6.45) is 2.76. The first kappa shape index (κ1) is 18.6. The topological polar surface area (TPSA) is 124 Å². The second-order valence-corrected chi connectivity index (χ2v) is 7.11. The summed E-state index contributed by atoms with van der Waals surface area (Å²) in [4.78, 5) is 40.9. The largest absolute Gasteiger partial charge is 0.365 e. The molecule has 138 valence electrons. The summed E-state index contributed by atoms with van der Waals surface area (Å²) in [5, 5.41) is 3.41. The number of nitrogens with one attached hydrogen (secondary N) is 1. The second kappa shape index (κ2) is 7.58. The van der Waals surface area contributed by atoms with Gasteiger partial charge in [-0.3, -0.25) is 14.6 Å². The van der Waals surface area contributed by atoms with Gasteiger partial charge in [0.25, 0.3) is 11.8 Å². The van der Waals surface area contributed by atoms with Gasteiger partial charge in [0.05, 0.1) is 17.9 Å². The van der Waals surface area contributed by atoms with Crippen LogP contribution in [0.1, 0.15) is 49.5 Å². The van der Waals surface area contributed by atoms with Crippen LogP contribution in [0.2, 0.25) is 0 Å². The molecule has 2 amide bonds. The second-order valence-electron chi connectivity index (χ2n) is 6.05. The van der Waals surface area contributed by atoms with E-state index >= 15 is 0 Å². The van der Waals surface area contributed by atoms with Gasteiger partial charge < -0.3 is 11.1 Å². The van der Waals surface area contributed by atoms with Crippen molar-refractivity contribution in [3.05, 3.63) is 57.7 Å². The summed E-state index contributed by atoms with van der Waals surface area (Å²) in [5.74, 6) is -0.898. The lowest BCUT2D eigenvalue weighted by Crippen LogP contribution is -2.27. The van der Waals surface area contributed by atoms with Crippen molar-refractivity contribution >= 4 is 23.2 Å². The molecule has 3 aromatic heterocycles. The van der Waals surface area contributed by atoms with Gasteiger partial charge in [-0.25, -0.2) is 15.0 Å². The maximum Gasteiger partial charge on any atom is 0.270 e. The molecule has 3 rings (SSSR count). The normalized spacial score (nSPS) is 11.8. The number of nitrogens with zero attached hydrogens (tertiary/aromatic N) is 4. The van der Waals surface area contributed by atoms with Gasteiger partial charge >= 0.3 is 0 Å². The van der Waals surface area contributed by atoms with Gasteiger partial charge in [-0.15, -0.1) is 11.3 Å². The molecule has 0 spiro atoms. The Kier molecular flexibility index (Phi) is 5.22. The number of amides is 2. The number of carbonyl (C=O) groups is 2. The zero-order chi connectivity index (χ0) is 19.6. The summed E-state index contributed by atoms with van der Waals surface area (Å²) < 4.78 is 0. The highest BCUT2D eigenvalue weighted by molar-refractivity contribution is 7.13. The third-order valence-electron chi connectivity index (χ3n) is 3.76. The number of primary amides is 1. The van der Waals surface area contributed by atoms with Crippen molar-refractivity contribution in [2.75, 3.05) is 0 Å². The smallest absolute Gasteiger partial charge is 0.270 e. The van der Waals surface area contributed by atoms with Crippen molar-refractivity contribution < 1.29 is 9.59 Å². The first-order valence-electron chi connectivity index (χ1n) is 8.17. The summed E-state index contributed by atoms with van der Waals surface area (Å²) in [7, 11) is 0. The zero-order valence-electron chi connectivity index (χ0n) is 15.1. The van der Waals surface area contributed by atoms with Crippen LogP contribution in [0.3, 0.4) is 0 Å². The molecule has 0 aliphatic heterocycles. The highest BCUT2D eigenvalue weighted by Crippen LogP contribution is 2.21. The third-order valence-corrected chi connectivity index (χ3v) is 4.96. The van der Waals surface area contributed by atoms with E-state index in [4.69, 9.17) is 5.73 Å². The molecule has 1 unspecified atom stereocenters. The Morgan fingerprint density at radius 2 is 1.81 bits per heavy atom. The number of pyridine rings is 1. The molecule has 0 aliphatic rings. The van der Waals surface area contributed by atoms with E-state index in [-0.39, 0.29) is 17.6 Å². The fraction of sp³-hybridized carbons (Fsp3) is 0.222. The van der Waals surface area contributed by atoms with Crippen LogP contribution in [0.4, 0.5) is 0 Å². The lowest BCUT2D eigenvalue weighted by Gasteiger charge is -2.11. The third kappa shape index (κ3) is 4.32. The monoisotopic (exact) mass is 382 g/mol. The van der Waals surface area contributed by atoms with Crippen molar-refractivity contribution in [3.8, 4) is 11.3 Å². The average molecular weight is 382 g/mol. The maximum atomic E-state index is 12.6. The molecule has 0 saturated carbocycles. The molecular formula is C18H18N6O2S. The van der Waals surface area contributed by atoms with E-state index in [1.807, 2.05) is 26.0 Å². The lowest BCUT2D eigenvalue weighted by molar-refractivity contribution is 0.0933.